The average Bonchev–Trinajstić information content (AvgIpc) is 2.34. The molecular weight excluding hydrogens is 265 g/mol. The molecule has 0 aliphatic rings. The van der Waals surface area contributed by atoms with E-state index in [0.717, 1.165) is 13.0 Å². The quantitative estimate of drug-likeness (QED) is 0.823. The normalized spacial score (nSPS) is 13.6. The maximum absolute atomic E-state index is 13.8. The van der Waals surface area contributed by atoms with Crippen LogP contribution in [0.4, 0.5) is 4.39 Å². The Kier molecular flexibility index (Phi) is 6.24. The van der Waals surface area contributed by atoms with Crippen molar-refractivity contribution < 1.29 is 9.13 Å². The van der Waals surface area contributed by atoms with E-state index in [1.807, 2.05) is 20.8 Å². The summed E-state index contributed by atoms with van der Waals surface area (Å²) in [6.45, 7) is 6.95. The van der Waals surface area contributed by atoms with E-state index >= 15 is 0 Å². The number of methoxy groups -OCH3 is 1. The third-order valence-electron chi connectivity index (χ3n) is 3.26. The number of likely N-dealkylation sites (N-methyl/N-ethyl adjacent to an activating group) is 1. The topological polar surface area (TPSA) is 21.3 Å². The number of hydrogen-bond donors (Lipinski definition) is 1. The van der Waals surface area contributed by atoms with Crippen LogP contribution in [0.5, 0.6) is 0 Å². The van der Waals surface area contributed by atoms with Gasteiger partial charge in [0.05, 0.1) is 5.60 Å². The lowest BCUT2D eigenvalue weighted by Crippen LogP contribution is -2.39. The summed E-state index contributed by atoms with van der Waals surface area (Å²) in [7, 11) is 1.70. The Balaban J connectivity index is 2.80. The second-order valence-electron chi connectivity index (χ2n) is 5.36. The SMILES string of the molecule is CCNC(Cc1cc(Cl)ccc1F)CC(C)(C)OC. The highest BCUT2D eigenvalue weighted by Crippen LogP contribution is 2.21. The second-order valence-corrected chi connectivity index (χ2v) is 5.80. The van der Waals surface area contributed by atoms with Gasteiger partial charge in [-0.25, -0.2) is 4.39 Å². The number of ether oxygens (including phenoxy) is 1. The fourth-order valence-electron chi connectivity index (χ4n) is 2.15. The third-order valence-corrected chi connectivity index (χ3v) is 3.49. The summed E-state index contributed by atoms with van der Waals surface area (Å²) in [5.41, 5.74) is 0.410. The van der Waals surface area contributed by atoms with Crippen LogP contribution < -0.4 is 5.32 Å². The zero-order valence-electron chi connectivity index (χ0n) is 12.1. The van der Waals surface area contributed by atoms with Crippen LogP contribution in [0.15, 0.2) is 18.2 Å². The fraction of sp³-hybridized carbons (Fsp3) is 0.600. The van der Waals surface area contributed by atoms with Gasteiger partial charge in [0.1, 0.15) is 5.82 Å². The van der Waals surface area contributed by atoms with Crippen molar-refractivity contribution in [2.75, 3.05) is 13.7 Å². The van der Waals surface area contributed by atoms with E-state index < -0.39 is 0 Å². The number of halogens is 2. The van der Waals surface area contributed by atoms with Gasteiger partial charge in [-0.15, -0.1) is 0 Å². The molecule has 0 heterocycles. The molecule has 0 aliphatic carbocycles. The molecule has 0 saturated carbocycles. The predicted octanol–water partition coefficient (Wildman–Crippen LogP) is 3.81. The summed E-state index contributed by atoms with van der Waals surface area (Å²) in [6.07, 6.45) is 1.41. The van der Waals surface area contributed by atoms with Gasteiger partial charge < -0.3 is 10.1 Å². The average molecular weight is 288 g/mol. The van der Waals surface area contributed by atoms with Crippen LogP contribution >= 0.6 is 11.6 Å². The van der Waals surface area contributed by atoms with Crippen LogP contribution in [0.3, 0.4) is 0 Å². The molecule has 1 N–H and O–H groups in total. The van der Waals surface area contributed by atoms with Gasteiger partial charge in [0.15, 0.2) is 0 Å². The van der Waals surface area contributed by atoms with Crippen molar-refractivity contribution in [3.63, 3.8) is 0 Å². The Hall–Kier alpha value is -0.640. The van der Waals surface area contributed by atoms with E-state index in [1.54, 1.807) is 19.2 Å². The number of hydrogen-bond acceptors (Lipinski definition) is 2. The Bertz CT molecular complexity index is 409. The van der Waals surface area contributed by atoms with Crippen molar-refractivity contribution in [1.82, 2.24) is 5.32 Å². The first-order valence-corrected chi connectivity index (χ1v) is 6.98. The highest BCUT2D eigenvalue weighted by atomic mass is 35.5. The molecule has 1 rings (SSSR count). The molecule has 0 fully saturated rings. The smallest absolute Gasteiger partial charge is 0.126 e. The maximum Gasteiger partial charge on any atom is 0.126 e. The zero-order valence-corrected chi connectivity index (χ0v) is 12.9. The summed E-state index contributed by atoms with van der Waals surface area (Å²) < 4.78 is 19.2. The molecule has 0 aliphatic heterocycles. The number of nitrogens with one attached hydrogen (secondary N) is 1. The highest BCUT2D eigenvalue weighted by molar-refractivity contribution is 6.30. The van der Waals surface area contributed by atoms with E-state index in [0.29, 0.717) is 17.0 Å². The van der Waals surface area contributed by atoms with Gasteiger partial charge >= 0.3 is 0 Å². The van der Waals surface area contributed by atoms with E-state index in [9.17, 15) is 4.39 Å². The lowest BCUT2D eigenvalue weighted by molar-refractivity contribution is 0.00720. The molecule has 1 atom stereocenters. The molecule has 1 unspecified atom stereocenters. The largest absolute Gasteiger partial charge is 0.379 e. The van der Waals surface area contributed by atoms with Gasteiger partial charge in [-0.1, -0.05) is 18.5 Å². The summed E-state index contributed by atoms with van der Waals surface area (Å²) in [4.78, 5) is 0. The second kappa shape index (κ2) is 7.22. The third kappa shape index (κ3) is 5.47. The molecule has 4 heteroatoms. The first-order chi connectivity index (χ1) is 8.88. The molecule has 0 spiro atoms. The van der Waals surface area contributed by atoms with Crippen molar-refractivity contribution in [2.24, 2.45) is 0 Å². The van der Waals surface area contributed by atoms with Crippen molar-refractivity contribution >= 4 is 11.6 Å². The summed E-state index contributed by atoms with van der Waals surface area (Å²) in [5.74, 6) is -0.206. The molecule has 0 aromatic heterocycles. The zero-order chi connectivity index (χ0) is 14.5. The van der Waals surface area contributed by atoms with Crippen LogP contribution in [0.25, 0.3) is 0 Å². The van der Waals surface area contributed by atoms with Crippen LogP contribution in [-0.4, -0.2) is 25.3 Å². The molecule has 0 saturated heterocycles. The fourth-order valence-corrected chi connectivity index (χ4v) is 2.34. The van der Waals surface area contributed by atoms with Crippen molar-refractivity contribution in [3.05, 3.63) is 34.6 Å². The Morgan fingerprint density at radius 1 is 1.42 bits per heavy atom. The van der Waals surface area contributed by atoms with Crippen molar-refractivity contribution in [1.29, 1.82) is 0 Å². The van der Waals surface area contributed by atoms with E-state index in [-0.39, 0.29) is 17.5 Å². The molecule has 108 valence electrons. The monoisotopic (exact) mass is 287 g/mol. The Morgan fingerprint density at radius 2 is 2.11 bits per heavy atom. The van der Waals surface area contributed by atoms with Gasteiger partial charge in [0.25, 0.3) is 0 Å². The number of benzene rings is 1. The molecule has 0 bridgehead atoms. The van der Waals surface area contributed by atoms with E-state index in [1.165, 1.54) is 6.07 Å². The summed E-state index contributed by atoms with van der Waals surface area (Å²) in [5, 5.41) is 3.95. The predicted molar refractivity (Wildman–Crippen MR) is 78.3 cm³/mol. The van der Waals surface area contributed by atoms with Crippen LogP contribution in [0.1, 0.15) is 32.8 Å². The minimum atomic E-state index is -0.234. The minimum Gasteiger partial charge on any atom is -0.379 e. The summed E-state index contributed by atoms with van der Waals surface area (Å²) in [6, 6.07) is 4.85. The molecule has 0 radical (unpaired) electrons. The van der Waals surface area contributed by atoms with Gasteiger partial charge in [-0.3, -0.25) is 0 Å². The maximum atomic E-state index is 13.8. The van der Waals surface area contributed by atoms with Gasteiger partial charge in [0.2, 0.25) is 0 Å². The number of rotatable bonds is 7. The van der Waals surface area contributed by atoms with Gasteiger partial charge in [-0.2, -0.15) is 0 Å². The molecule has 0 amide bonds. The van der Waals surface area contributed by atoms with Crippen LogP contribution in [-0.2, 0) is 11.2 Å². The standard InChI is InChI=1S/C15H23ClFNO/c1-5-18-13(10-15(2,3)19-4)9-11-8-12(16)6-7-14(11)17/h6-8,13,18H,5,9-10H2,1-4H3. The van der Waals surface area contributed by atoms with E-state index in [2.05, 4.69) is 5.32 Å². The van der Waals surface area contributed by atoms with Crippen LogP contribution in [0, 0.1) is 5.82 Å². The van der Waals surface area contributed by atoms with Crippen molar-refractivity contribution in [3.8, 4) is 0 Å². The molecule has 19 heavy (non-hydrogen) atoms. The molecule has 2 nitrogen and oxygen atoms in total. The van der Waals surface area contributed by atoms with E-state index in [4.69, 9.17) is 16.3 Å². The summed E-state index contributed by atoms with van der Waals surface area (Å²) >= 11 is 5.93. The molecule has 1 aromatic carbocycles. The van der Waals surface area contributed by atoms with Crippen LogP contribution in [0.2, 0.25) is 5.02 Å². The Labute approximate surface area is 120 Å². The highest BCUT2D eigenvalue weighted by Gasteiger charge is 2.23. The Morgan fingerprint density at radius 3 is 2.68 bits per heavy atom. The lowest BCUT2D eigenvalue weighted by atomic mass is 9.93. The first kappa shape index (κ1) is 16.4. The van der Waals surface area contributed by atoms with Gasteiger partial charge in [-0.05, 0) is 57.0 Å². The molecular formula is C15H23ClFNO. The van der Waals surface area contributed by atoms with Crippen molar-refractivity contribution in [2.45, 2.75) is 45.3 Å². The lowest BCUT2D eigenvalue weighted by Gasteiger charge is -2.29. The molecule has 1 aromatic rings. The van der Waals surface area contributed by atoms with Gasteiger partial charge in [0, 0.05) is 18.2 Å². The first-order valence-electron chi connectivity index (χ1n) is 6.60. The minimum absolute atomic E-state index is 0.160.